The number of phenolic OH excluding ortho intramolecular Hbond substituents is 4. The maximum Gasteiger partial charge on any atom is 0.251 e. The lowest BCUT2D eigenvalue weighted by atomic mass is 9.82. The van der Waals surface area contributed by atoms with E-state index in [1.165, 1.54) is 11.1 Å². The minimum atomic E-state index is -0.644. The van der Waals surface area contributed by atoms with Crippen LogP contribution in [0.25, 0.3) is 0 Å². The fraction of sp³-hybridized carbons (Fsp3) is 0.184. The Labute approximate surface area is 731 Å². The summed E-state index contributed by atoms with van der Waals surface area (Å²) < 4.78 is 0.939. The molecule has 5 N–H and O–H groups in total. The number of rotatable bonds is 13. The molecule has 16 nitrogen and oxygen atoms in total. The summed E-state index contributed by atoms with van der Waals surface area (Å²) in [5.41, 5.74) is 18.5. The number of hydrogen-bond donors (Lipinski definition) is 5. The van der Waals surface area contributed by atoms with Gasteiger partial charge in [-0.1, -0.05) is 193 Å². The Kier molecular flexibility index (Phi) is 27.1. The van der Waals surface area contributed by atoms with Gasteiger partial charge < -0.3 is 40.4 Å². The van der Waals surface area contributed by atoms with E-state index in [2.05, 4.69) is 80.1 Å². The van der Waals surface area contributed by atoms with Crippen LogP contribution in [0, 0.1) is 0 Å². The van der Waals surface area contributed by atoms with Crippen molar-refractivity contribution in [1.29, 1.82) is 0 Å². The number of hydrogen-bond acceptors (Lipinski definition) is 12. The molecule has 22 heteroatoms. The smallest absolute Gasteiger partial charge is 0.251 e. The molecule has 0 saturated carbocycles. The third-order valence-electron chi connectivity index (χ3n) is 21.1. The number of benzene rings is 12. The number of fused-ring (bicyclic) bond motifs is 4. The molecule has 4 heterocycles. The highest BCUT2D eigenvalue weighted by Gasteiger charge is 2.36. The zero-order valence-corrected chi connectivity index (χ0v) is 72.3. The first-order valence-electron chi connectivity index (χ1n) is 38.9. The molecule has 4 atom stereocenters. The third kappa shape index (κ3) is 20.1. The highest BCUT2D eigenvalue weighted by molar-refractivity contribution is 9.10. The van der Waals surface area contributed by atoms with Crippen molar-refractivity contribution in [2.45, 2.75) is 95.8 Å². The van der Waals surface area contributed by atoms with E-state index in [0.29, 0.717) is 85.2 Å². The van der Waals surface area contributed by atoms with Crippen LogP contribution in [0.15, 0.2) is 291 Å². The lowest BCUT2D eigenvalue weighted by Crippen LogP contribution is -2.36. The lowest BCUT2D eigenvalue weighted by Gasteiger charge is -2.25. The minimum Gasteiger partial charge on any atom is -0.508 e. The molecule has 12 aromatic rings. The first kappa shape index (κ1) is 86.2. The number of aliphatic imine (C=N–C) groups is 4. The number of likely N-dealkylation sites (N-methyl/N-ethyl adjacent to an activating group) is 3. The standard InChI is InChI=1S/C27H27ClN2O2.C26H25ClN2O2.C23H18Cl2N2O2.C22H16BrClN2O2/c1-27(2,3)22-8-6-5-7-18(22)15-23-26(32)30(4)24-14-11-19(28)16-21(24)25(29-23)17-9-12-20(31)13-10-17;1-16(2)21-7-5-4-6-18(21)14-23-26(31)29(3)24-13-10-19(27)15-22(24)25(28-23)17-8-11-20(30)12-9-17;1-27-21-11-8-16(24)13-18(21)22(14-6-9-17(28)10-7-14)26-20(23(27)29)12-15-4-2-3-5-19(15)25;23-18-4-2-1-3-14(18)11-20-22(28)26-19-10-7-15(24)12-17(19)21(25-20)13-5-8-16(27)9-6-13/h5-14,16,23,31H,15H2,1-4H3;4-13,15-16,23,30H,14H2,1-3H3;2-11,13,20,28H,12H2,1H3;1-10,12,20,27H,11H2,(H,26,28). The Bertz CT molecular complexity index is 5990. The molecule has 4 aliphatic heterocycles. The van der Waals surface area contributed by atoms with E-state index in [-0.39, 0.29) is 52.0 Å². The third-order valence-corrected chi connectivity index (χ3v) is 23.2. The number of phenols is 4. The van der Waals surface area contributed by atoms with Gasteiger partial charge in [-0.15, -0.1) is 0 Å². The molecule has 608 valence electrons. The van der Waals surface area contributed by atoms with Gasteiger partial charge in [-0.3, -0.25) is 39.1 Å². The van der Waals surface area contributed by atoms with Gasteiger partial charge in [0.25, 0.3) is 17.7 Å². The number of anilines is 4. The summed E-state index contributed by atoms with van der Waals surface area (Å²) >= 11 is 35.0. The number of halogens is 6. The van der Waals surface area contributed by atoms with Gasteiger partial charge in [0.05, 0.1) is 45.6 Å². The summed E-state index contributed by atoms with van der Waals surface area (Å²) in [5, 5.41) is 44.7. The first-order valence-corrected chi connectivity index (χ1v) is 41.6. The Balaban J connectivity index is 0.000000138. The summed E-state index contributed by atoms with van der Waals surface area (Å²) in [6.07, 6.45) is 1.85. The second-order valence-electron chi connectivity index (χ2n) is 30.8. The van der Waals surface area contributed by atoms with Gasteiger partial charge in [-0.05, 0) is 227 Å². The molecule has 12 aromatic carbocycles. The van der Waals surface area contributed by atoms with E-state index < -0.39 is 24.2 Å². The normalized spacial score (nSPS) is 16.2. The van der Waals surface area contributed by atoms with Crippen molar-refractivity contribution in [3.63, 3.8) is 0 Å². The van der Waals surface area contributed by atoms with Gasteiger partial charge in [-0.2, -0.15) is 0 Å². The van der Waals surface area contributed by atoms with Crippen LogP contribution in [0.5, 0.6) is 23.0 Å². The predicted molar refractivity (Wildman–Crippen MR) is 491 cm³/mol. The Morgan fingerprint density at radius 2 is 0.692 bits per heavy atom. The van der Waals surface area contributed by atoms with E-state index in [0.717, 1.165) is 88.3 Å². The average Bonchev–Trinajstić information content (AvgIpc) is 1.64. The molecule has 4 amide bonds. The molecule has 0 radical (unpaired) electrons. The summed E-state index contributed by atoms with van der Waals surface area (Å²) in [5.74, 6) is 0.625. The predicted octanol–water partition coefficient (Wildman–Crippen LogP) is 21.7. The molecular formula is C98H86BrCl5N8O8. The number of nitrogens with one attached hydrogen (secondary N) is 1. The second-order valence-corrected chi connectivity index (χ2v) is 33.8. The van der Waals surface area contributed by atoms with E-state index in [1.807, 2.05) is 127 Å². The number of benzodiazepines with no additional fused rings is 4. The van der Waals surface area contributed by atoms with Crippen LogP contribution in [0.3, 0.4) is 0 Å². The molecule has 16 rings (SSSR count). The highest BCUT2D eigenvalue weighted by Crippen LogP contribution is 2.39. The molecule has 120 heavy (non-hydrogen) atoms. The maximum absolute atomic E-state index is 13.5. The van der Waals surface area contributed by atoms with Gasteiger partial charge in [0.1, 0.15) is 47.2 Å². The van der Waals surface area contributed by atoms with E-state index in [9.17, 15) is 39.6 Å². The van der Waals surface area contributed by atoms with E-state index in [1.54, 1.807) is 151 Å². The van der Waals surface area contributed by atoms with Crippen molar-refractivity contribution in [3.05, 3.63) is 374 Å². The van der Waals surface area contributed by atoms with Gasteiger partial charge >= 0.3 is 0 Å². The van der Waals surface area contributed by atoms with Crippen molar-refractivity contribution >= 4 is 143 Å². The van der Waals surface area contributed by atoms with E-state index >= 15 is 0 Å². The van der Waals surface area contributed by atoms with Crippen molar-refractivity contribution in [1.82, 2.24) is 0 Å². The van der Waals surface area contributed by atoms with Crippen LogP contribution < -0.4 is 20.0 Å². The topological polar surface area (TPSA) is 220 Å². The van der Waals surface area contributed by atoms with Crippen molar-refractivity contribution < 1.29 is 39.6 Å². The Hall–Kier alpha value is -11.7. The summed E-state index contributed by atoms with van der Waals surface area (Å²) in [6.45, 7) is 10.8. The Morgan fingerprint density at radius 1 is 0.375 bits per heavy atom. The lowest BCUT2D eigenvalue weighted by molar-refractivity contribution is -0.120. The second kappa shape index (κ2) is 37.7. The number of aromatic hydroxyl groups is 4. The number of carbonyl (C=O) groups excluding carboxylic acids is 4. The van der Waals surface area contributed by atoms with Crippen molar-refractivity contribution in [2.24, 2.45) is 20.0 Å². The summed E-state index contributed by atoms with van der Waals surface area (Å²) in [6, 6.07) is 78.3. The average molecular weight is 1760 g/mol. The first-order chi connectivity index (χ1) is 57.4. The summed E-state index contributed by atoms with van der Waals surface area (Å²) in [7, 11) is 5.31. The zero-order chi connectivity index (χ0) is 85.4. The number of carbonyl (C=O) groups is 4. The quantitative estimate of drug-likeness (QED) is 0.0745. The van der Waals surface area contributed by atoms with Crippen LogP contribution in [0.2, 0.25) is 25.1 Å². The molecule has 4 aliphatic rings. The fourth-order valence-corrected chi connectivity index (χ4v) is 16.3. The molecule has 4 unspecified atom stereocenters. The van der Waals surface area contributed by atoms with Crippen LogP contribution in [0.4, 0.5) is 22.7 Å². The largest absolute Gasteiger partial charge is 0.508 e. The Morgan fingerprint density at radius 3 is 1.09 bits per heavy atom. The number of amides is 4. The fourth-order valence-electron chi connectivity index (χ4n) is 15.0. The van der Waals surface area contributed by atoms with Crippen LogP contribution in [-0.4, -0.2) is 112 Å². The van der Waals surface area contributed by atoms with E-state index in [4.69, 9.17) is 78.0 Å². The molecule has 0 aliphatic carbocycles. The molecule has 0 aromatic heterocycles. The van der Waals surface area contributed by atoms with Gasteiger partial charge in [-0.25, -0.2) is 0 Å². The zero-order valence-electron chi connectivity index (χ0n) is 66.9. The van der Waals surface area contributed by atoms with Crippen LogP contribution >= 0.6 is 73.9 Å². The number of nitrogens with zero attached hydrogens (tertiary/aromatic N) is 7. The monoisotopic (exact) mass is 1760 g/mol. The molecule has 0 spiro atoms. The van der Waals surface area contributed by atoms with Crippen LogP contribution in [-0.2, 0) is 50.3 Å². The maximum atomic E-state index is 13.5. The van der Waals surface area contributed by atoms with Gasteiger partial charge in [0, 0.05) is 121 Å². The minimum absolute atomic E-state index is 0.0454. The van der Waals surface area contributed by atoms with Crippen molar-refractivity contribution in [3.8, 4) is 23.0 Å². The SMILES string of the molecule is CC(C)c1ccccc1CC1N=C(c2ccc(O)cc2)c2cc(Cl)ccc2N(C)C1=O.CN1C(=O)C(Cc2ccccc2C(C)(C)C)N=C(c2ccc(O)cc2)c2cc(Cl)ccc21.CN1C(=O)C(Cc2ccccc2Cl)N=C(c2ccc(O)cc2)c2cc(Cl)ccc21.O=C1Nc2ccc(Cl)cc2C(c2ccc(O)cc2)=NC1Cc1ccccc1Br. The molecule has 0 fully saturated rings. The molecule has 0 saturated heterocycles. The summed E-state index contributed by atoms with van der Waals surface area (Å²) in [4.78, 5) is 77.7. The van der Waals surface area contributed by atoms with Crippen LogP contribution in [0.1, 0.15) is 118 Å². The van der Waals surface area contributed by atoms with Gasteiger partial charge in [0.15, 0.2) is 0 Å². The molecule has 0 bridgehead atoms. The van der Waals surface area contributed by atoms with Crippen molar-refractivity contribution in [2.75, 3.05) is 41.2 Å². The van der Waals surface area contributed by atoms with Gasteiger partial charge in [0.2, 0.25) is 5.91 Å². The highest BCUT2D eigenvalue weighted by atomic mass is 79.9. The molecular weight excluding hydrogens is 1670 g/mol.